The quantitative estimate of drug-likeness (QED) is 0.781. The topological polar surface area (TPSA) is 60.2 Å². The molecule has 1 aromatic heterocycles. The second kappa shape index (κ2) is 5.14. The van der Waals surface area contributed by atoms with Crippen LogP contribution in [0.2, 0.25) is 0 Å². The molecule has 0 aliphatic rings. The molecule has 0 radical (unpaired) electrons. The first-order valence-corrected chi connectivity index (χ1v) is 6.04. The summed E-state index contributed by atoms with van der Waals surface area (Å²) in [5.41, 5.74) is 6.36. The second-order valence-electron chi connectivity index (χ2n) is 3.40. The fourth-order valence-electron chi connectivity index (χ4n) is 1.46. The van der Waals surface area contributed by atoms with Gasteiger partial charge in [0.1, 0.15) is 11.3 Å². The summed E-state index contributed by atoms with van der Waals surface area (Å²) in [4.78, 5) is 4.50. The minimum atomic E-state index is 0.696. The summed E-state index contributed by atoms with van der Waals surface area (Å²) in [7, 11) is 1.66. The number of para-hydroxylation sites is 1. The number of aromatic nitrogens is 1. The molecule has 1 heterocycles. The lowest BCUT2D eigenvalue weighted by molar-refractivity contribution is 0.419. The molecule has 0 bridgehead atoms. The molecule has 0 amide bonds. The highest BCUT2D eigenvalue weighted by Crippen LogP contribution is 2.31. The standard InChI is InChI=1S/C11H15N3OS/c1-15-8-4-2-5-9-10(8)14-11(16-9)13-7-3-6-12/h2,4-5H,3,6-7,12H2,1H3,(H,13,14). The van der Waals surface area contributed by atoms with E-state index < -0.39 is 0 Å². The van der Waals surface area contributed by atoms with Gasteiger partial charge in [-0.25, -0.2) is 4.98 Å². The Morgan fingerprint density at radius 2 is 2.38 bits per heavy atom. The van der Waals surface area contributed by atoms with Crippen molar-refractivity contribution in [3.05, 3.63) is 18.2 Å². The predicted molar refractivity (Wildman–Crippen MR) is 68.3 cm³/mol. The summed E-state index contributed by atoms with van der Waals surface area (Å²) in [5.74, 6) is 0.820. The minimum absolute atomic E-state index is 0.696. The molecule has 3 N–H and O–H groups in total. The number of hydrogen-bond donors (Lipinski definition) is 2. The Labute approximate surface area is 98.4 Å². The summed E-state index contributed by atoms with van der Waals surface area (Å²) >= 11 is 1.63. The first-order valence-electron chi connectivity index (χ1n) is 5.22. The van der Waals surface area contributed by atoms with Crippen LogP contribution in [0, 0.1) is 0 Å². The van der Waals surface area contributed by atoms with Crippen molar-refractivity contribution < 1.29 is 4.74 Å². The molecule has 0 aliphatic carbocycles. The van der Waals surface area contributed by atoms with Crippen molar-refractivity contribution in [3.8, 4) is 5.75 Å². The zero-order valence-corrected chi connectivity index (χ0v) is 10.0. The highest BCUT2D eigenvalue weighted by Gasteiger charge is 2.07. The van der Waals surface area contributed by atoms with Crippen molar-refractivity contribution >= 4 is 26.7 Å². The zero-order chi connectivity index (χ0) is 11.4. The number of rotatable bonds is 5. The monoisotopic (exact) mass is 237 g/mol. The highest BCUT2D eigenvalue weighted by atomic mass is 32.1. The van der Waals surface area contributed by atoms with Gasteiger partial charge in [0.25, 0.3) is 0 Å². The predicted octanol–water partition coefficient (Wildman–Crippen LogP) is 2.07. The molecular formula is C11H15N3OS. The number of nitrogens with two attached hydrogens (primary N) is 1. The van der Waals surface area contributed by atoms with E-state index >= 15 is 0 Å². The lowest BCUT2D eigenvalue weighted by Gasteiger charge is -1.99. The summed E-state index contributed by atoms with van der Waals surface area (Å²) in [6.45, 7) is 1.56. The van der Waals surface area contributed by atoms with Gasteiger partial charge in [-0.2, -0.15) is 0 Å². The van der Waals surface area contributed by atoms with Crippen LogP contribution in [0.5, 0.6) is 5.75 Å². The number of nitrogens with one attached hydrogen (secondary N) is 1. The average Bonchev–Trinajstić information content (AvgIpc) is 2.71. The number of anilines is 1. The van der Waals surface area contributed by atoms with E-state index in [4.69, 9.17) is 10.5 Å². The molecule has 0 fully saturated rings. The van der Waals surface area contributed by atoms with Gasteiger partial charge in [-0.05, 0) is 25.1 Å². The van der Waals surface area contributed by atoms with Gasteiger partial charge in [0.05, 0.1) is 11.8 Å². The summed E-state index contributed by atoms with van der Waals surface area (Å²) in [5, 5.41) is 4.18. The third-order valence-corrected chi connectivity index (χ3v) is 3.24. The number of methoxy groups -OCH3 is 1. The van der Waals surface area contributed by atoms with Gasteiger partial charge in [0.15, 0.2) is 5.13 Å². The molecule has 0 atom stereocenters. The fraction of sp³-hybridized carbons (Fsp3) is 0.364. The zero-order valence-electron chi connectivity index (χ0n) is 9.19. The Hall–Kier alpha value is -1.33. The van der Waals surface area contributed by atoms with Crippen molar-refractivity contribution in [3.63, 3.8) is 0 Å². The van der Waals surface area contributed by atoms with Gasteiger partial charge in [-0.3, -0.25) is 0 Å². The van der Waals surface area contributed by atoms with Crippen LogP contribution in [0.25, 0.3) is 10.2 Å². The molecule has 0 unspecified atom stereocenters. The smallest absolute Gasteiger partial charge is 0.183 e. The maximum Gasteiger partial charge on any atom is 0.183 e. The molecule has 0 saturated heterocycles. The van der Waals surface area contributed by atoms with Gasteiger partial charge < -0.3 is 15.8 Å². The van der Waals surface area contributed by atoms with Crippen LogP contribution in [0.1, 0.15) is 6.42 Å². The summed E-state index contributed by atoms with van der Waals surface area (Å²) in [6, 6.07) is 5.94. The van der Waals surface area contributed by atoms with E-state index in [0.717, 1.165) is 34.1 Å². The minimum Gasteiger partial charge on any atom is -0.494 e. The number of fused-ring (bicyclic) bond motifs is 1. The molecule has 5 heteroatoms. The van der Waals surface area contributed by atoms with Gasteiger partial charge in [-0.1, -0.05) is 17.4 Å². The van der Waals surface area contributed by atoms with Crippen LogP contribution in [-0.2, 0) is 0 Å². The first kappa shape index (κ1) is 11.2. The molecule has 2 aromatic rings. The molecule has 1 aromatic carbocycles. The van der Waals surface area contributed by atoms with Crippen molar-refractivity contribution in [2.24, 2.45) is 5.73 Å². The lowest BCUT2D eigenvalue weighted by atomic mass is 10.3. The largest absolute Gasteiger partial charge is 0.494 e. The molecule has 2 rings (SSSR count). The van der Waals surface area contributed by atoms with Crippen molar-refractivity contribution in [1.29, 1.82) is 0 Å². The van der Waals surface area contributed by atoms with Gasteiger partial charge in [0.2, 0.25) is 0 Å². The van der Waals surface area contributed by atoms with E-state index in [1.165, 1.54) is 0 Å². The number of thiazole rings is 1. The SMILES string of the molecule is COc1cccc2sc(NCCCN)nc12. The van der Waals surface area contributed by atoms with Crippen LogP contribution in [0.3, 0.4) is 0 Å². The third-order valence-electron chi connectivity index (χ3n) is 2.26. The van der Waals surface area contributed by atoms with E-state index in [1.54, 1.807) is 18.4 Å². The fourth-order valence-corrected chi connectivity index (χ4v) is 2.37. The average molecular weight is 237 g/mol. The van der Waals surface area contributed by atoms with Gasteiger partial charge >= 0.3 is 0 Å². The Morgan fingerprint density at radius 3 is 3.12 bits per heavy atom. The second-order valence-corrected chi connectivity index (χ2v) is 4.43. The van der Waals surface area contributed by atoms with E-state index in [1.807, 2.05) is 18.2 Å². The Morgan fingerprint density at radius 1 is 1.50 bits per heavy atom. The molecule has 0 aliphatic heterocycles. The van der Waals surface area contributed by atoms with Crippen molar-refractivity contribution in [2.75, 3.05) is 25.5 Å². The van der Waals surface area contributed by atoms with Gasteiger partial charge in [-0.15, -0.1) is 0 Å². The molecular weight excluding hydrogens is 222 g/mol. The Kier molecular flexibility index (Phi) is 3.58. The van der Waals surface area contributed by atoms with E-state index in [-0.39, 0.29) is 0 Å². The van der Waals surface area contributed by atoms with Crippen LogP contribution in [-0.4, -0.2) is 25.2 Å². The highest BCUT2D eigenvalue weighted by molar-refractivity contribution is 7.22. The molecule has 16 heavy (non-hydrogen) atoms. The maximum atomic E-state index is 5.44. The lowest BCUT2D eigenvalue weighted by Crippen LogP contribution is -2.07. The van der Waals surface area contributed by atoms with E-state index in [9.17, 15) is 0 Å². The summed E-state index contributed by atoms with van der Waals surface area (Å²) < 4.78 is 6.40. The molecule has 86 valence electrons. The molecule has 0 spiro atoms. The van der Waals surface area contributed by atoms with E-state index in [2.05, 4.69) is 10.3 Å². The Bertz CT molecular complexity index is 469. The van der Waals surface area contributed by atoms with Crippen LogP contribution < -0.4 is 15.8 Å². The maximum absolute atomic E-state index is 5.44. The third kappa shape index (κ3) is 2.25. The first-order chi connectivity index (χ1) is 7.85. The van der Waals surface area contributed by atoms with Crippen molar-refractivity contribution in [1.82, 2.24) is 4.98 Å². The number of nitrogens with zero attached hydrogens (tertiary/aromatic N) is 1. The number of ether oxygens (including phenoxy) is 1. The van der Waals surface area contributed by atoms with Crippen LogP contribution in [0.4, 0.5) is 5.13 Å². The van der Waals surface area contributed by atoms with Gasteiger partial charge in [0, 0.05) is 6.54 Å². The summed E-state index contributed by atoms with van der Waals surface area (Å²) in [6.07, 6.45) is 0.951. The number of hydrogen-bond acceptors (Lipinski definition) is 5. The van der Waals surface area contributed by atoms with Crippen LogP contribution >= 0.6 is 11.3 Å². The van der Waals surface area contributed by atoms with Crippen molar-refractivity contribution in [2.45, 2.75) is 6.42 Å². The Balaban J connectivity index is 2.22. The number of benzene rings is 1. The normalized spacial score (nSPS) is 10.6. The van der Waals surface area contributed by atoms with Crippen LogP contribution in [0.15, 0.2) is 18.2 Å². The molecule has 0 saturated carbocycles. The molecule has 4 nitrogen and oxygen atoms in total. The van der Waals surface area contributed by atoms with E-state index in [0.29, 0.717) is 6.54 Å².